The van der Waals surface area contributed by atoms with Gasteiger partial charge in [0, 0.05) is 0 Å². The maximum absolute atomic E-state index is 11.3. The van der Waals surface area contributed by atoms with Crippen molar-refractivity contribution in [3.8, 4) is 5.75 Å². The van der Waals surface area contributed by atoms with Crippen LogP contribution in [0.1, 0.15) is 25.3 Å². The normalized spacial score (nSPS) is 10.1. The Hall–Kier alpha value is -1.22. The molecule has 0 saturated carbocycles. The molecule has 94 valence electrons. The molecule has 0 heterocycles. The molecule has 1 amide bonds. The van der Waals surface area contributed by atoms with Crippen molar-refractivity contribution in [2.45, 2.75) is 26.7 Å². The number of carbonyl (C=O) groups is 1. The van der Waals surface area contributed by atoms with Gasteiger partial charge in [0.2, 0.25) is 5.91 Å². The minimum Gasteiger partial charge on any atom is -0.491 e. The van der Waals surface area contributed by atoms with Gasteiger partial charge < -0.3 is 10.1 Å². The minimum atomic E-state index is -0.221. The molecule has 0 aliphatic carbocycles. The lowest BCUT2D eigenvalue weighted by atomic mass is 10.2. The highest BCUT2D eigenvalue weighted by Crippen LogP contribution is 2.28. The number of carbonyl (C=O) groups excluding carboxylic acids is 1. The summed E-state index contributed by atoms with van der Waals surface area (Å²) in [6.45, 7) is 4.69. The molecule has 1 N–H and O–H groups in total. The monoisotopic (exact) mass is 255 g/mol. The quantitative estimate of drug-likeness (QED) is 0.625. The van der Waals surface area contributed by atoms with Gasteiger partial charge in [0.25, 0.3) is 0 Å². The van der Waals surface area contributed by atoms with E-state index in [2.05, 4.69) is 12.2 Å². The highest BCUT2D eigenvalue weighted by molar-refractivity contribution is 6.29. The van der Waals surface area contributed by atoms with Crippen LogP contribution >= 0.6 is 11.6 Å². The Labute approximate surface area is 107 Å². The van der Waals surface area contributed by atoms with Crippen LogP contribution in [0.15, 0.2) is 18.2 Å². The predicted octanol–water partition coefficient (Wildman–Crippen LogP) is 3.35. The zero-order valence-electron chi connectivity index (χ0n) is 10.3. The van der Waals surface area contributed by atoms with Gasteiger partial charge in [-0.1, -0.05) is 25.5 Å². The van der Waals surface area contributed by atoms with Crippen LogP contribution in [0.5, 0.6) is 5.75 Å². The van der Waals surface area contributed by atoms with Crippen LogP contribution in [-0.2, 0) is 4.79 Å². The number of halogens is 1. The minimum absolute atomic E-state index is 0.0528. The van der Waals surface area contributed by atoms with Gasteiger partial charge in [-0.2, -0.15) is 0 Å². The van der Waals surface area contributed by atoms with Crippen LogP contribution in [0.25, 0.3) is 0 Å². The lowest BCUT2D eigenvalue weighted by Crippen LogP contribution is -2.14. The summed E-state index contributed by atoms with van der Waals surface area (Å²) in [6.07, 6.45) is 2.08. The van der Waals surface area contributed by atoms with E-state index in [4.69, 9.17) is 16.3 Å². The van der Waals surface area contributed by atoms with Gasteiger partial charge in [-0.15, -0.1) is 11.6 Å². The molecule has 0 bridgehead atoms. The summed E-state index contributed by atoms with van der Waals surface area (Å²) in [7, 11) is 0. The lowest BCUT2D eigenvalue weighted by molar-refractivity contribution is -0.113. The van der Waals surface area contributed by atoms with Crippen LogP contribution in [0.4, 0.5) is 5.69 Å². The average Bonchev–Trinajstić information content (AvgIpc) is 2.33. The molecule has 4 heteroatoms. The van der Waals surface area contributed by atoms with E-state index in [0.29, 0.717) is 18.0 Å². The fourth-order valence-electron chi connectivity index (χ4n) is 1.42. The second kappa shape index (κ2) is 7.17. The maximum atomic E-state index is 11.3. The van der Waals surface area contributed by atoms with Crippen molar-refractivity contribution in [1.82, 2.24) is 0 Å². The van der Waals surface area contributed by atoms with Crippen molar-refractivity contribution in [3.63, 3.8) is 0 Å². The van der Waals surface area contributed by atoms with E-state index in [1.54, 1.807) is 0 Å². The molecule has 0 saturated heterocycles. The number of ether oxygens (including phenoxy) is 1. The van der Waals surface area contributed by atoms with Gasteiger partial charge in [0.1, 0.15) is 11.6 Å². The molecule has 0 aromatic heterocycles. The van der Waals surface area contributed by atoms with E-state index in [1.165, 1.54) is 0 Å². The van der Waals surface area contributed by atoms with Gasteiger partial charge in [-0.3, -0.25) is 4.79 Å². The fourth-order valence-corrected chi connectivity index (χ4v) is 1.49. The first kappa shape index (κ1) is 13.8. The van der Waals surface area contributed by atoms with Crippen molar-refractivity contribution in [2.24, 2.45) is 0 Å². The van der Waals surface area contributed by atoms with Crippen LogP contribution in [0.2, 0.25) is 0 Å². The van der Waals surface area contributed by atoms with Crippen molar-refractivity contribution in [1.29, 1.82) is 0 Å². The Morgan fingerprint density at radius 1 is 1.47 bits per heavy atom. The molecule has 0 atom stereocenters. The number of alkyl halides is 1. The van der Waals surface area contributed by atoms with Gasteiger partial charge in [0.05, 0.1) is 12.3 Å². The number of unbranched alkanes of at least 4 members (excludes halogenated alkanes) is 1. The predicted molar refractivity (Wildman–Crippen MR) is 70.9 cm³/mol. The third-order valence-electron chi connectivity index (χ3n) is 2.38. The van der Waals surface area contributed by atoms with Gasteiger partial charge in [-0.05, 0) is 25.0 Å². The molecule has 0 radical (unpaired) electrons. The molecule has 3 nitrogen and oxygen atoms in total. The Morgan fingerprint density at radius 3 is 2.88 bits per heavy atom. The van der Waals surface area contributed by atoms with Crippen LogP contribution in [0.3, 0.4) is 0 Å². The first-order chi connectivity index (χ1) is 8.19. The lowest BCUT2D eigenvalue weighted by Gasteiger charge is -2.14. The maximum Gasteiger partial charge on any atom is 0.239 e. The van der Waals surface area contributed by atoms with Gasteiger partial charge in [0.15, 0.2) is 0 Å². The number of hydrogen-bond acceptors (Lipinski definition) is 2. The van der Waals surface area contributed by atoms with Crippen molar-refractivity contribution < 1.29 is 9.53 Å². The first-order valence-corrected chi connectivity index (χ1v) is 6.30. The number of rotatable bonds is 6. The Kier molecular flexibility index (Phi) is 5.84. The molecular weight excluding hydrogens is 238 g/mol. The topological polar surface area (TPSA) is 38.3 Å². The number of benzene rings is 1. The van der Waals surface area contributed by atoms with E-state index in [-0.39, 0.29) is 11.8 Å². The van der Waals surface area contributed by atoms with E-state index >= 15 is 0 Å². The summed E-state index contributed by atoms with van der Waals surface area (Å²) in [5, 5.41) is 2.76. The molecule has 1 rings (SSSR count). The number of aryl methyl sites for hydroxylation is 1. The average molecular weight is 256 g/mol. The summed E-state index contributed by atoms with van der Waals surface area (Å²) in [4.78, 5) is 11.3. The first-order valence-electron chi connectivity index (χ1n) is 5.77. The molecular formula is C13H18ClNO2. The number of hydrogen-bond donors (Lipinski definition) is 1. The third kappa shape index (κ3) is 4.27. The van der Waals surface area contributed by atoms with E-state index in [1.807, 2.05) is 25.1 Å². The summed E-state index contributed by atoms with van der Waals surface area (Å²) in [5.74, 6) is 0.432. The second-order valence-corrected chi connectivity index (χ2v) is 4.10. The highest BCUT2D eigenvalue weighted by atomic mass is 35.5. The summed E-state index contributed by atoms with van der Waals surface area (Å²) in [6, 6.07) is 5.69. The Morgan fingerprint density at radius 2 is 2.24 bits per heavy atom. The van der Waals surface area contributed by atoms with Crippen LogP contribution < -0.4 is 10.1 Å². The van der Waals surface area contributed by atoms with E-state index in [9.17, 15) is 4.79 Å². The second-order valence-electron chi connectivity index (χ2n) is 3.83. The van der Waals surface area contributed by atoms with Crippen molar-refractivity contribution >= 4 is 23.2 Å². The van der Waals surface area contributed by atoms with Crippen molar-refractivity contribution in [2.75, 3.05) is 17.8 Å². The molecule has 0 aliphatic heterocycles. The molecule has 17 heavy (non-hydrogen) atoms. The highest BCUT2D eigenvalue weighted by Gasteiger charge is 2.09. The molecule has 0 aliphatic rings. The van der Waals surface area contributed by atoms with Crippen LogP contribution in [-0.4, -0.2) is 18.4 Å². The number of anilines is 1. The number of nitrogens with one attached hydrogen (secondary N) is 1. The molecule has 0 spiro atoms. The molecule has 1 aromatic carbocycles. The summed E-state index contributed by atoms with van der Waals surface area (Å²) < 4.78 is 5.65. The summed E-state index contributed by atoms with van der Waals surface area (Å²) in [5.41, 5.74) is 1.69. The number of amides is 1. The van der Waals surface area contributed by atoms with Gasteiger partial charge >= 0.3 is 0 Å². The third-order valence-corrected chi connectivity index (χ3v) is 2.62. The van der Waals surface area contributed by atoms with Crippen LogP contribution in [0, 0.1) is 6.92 Å². The Balaban J connectivity index is 2.80. The van der Waals surface area contributed by atoms with Crippen molar-refractivity contribution in [3.05, 3.63) is 23.8 Å². The largest absolute Gasteiger partial charge is 0.491 e. The molecule has 0 unspecified atom stereocenters. The van der Waals surface area contributed by atoms with E-state index < -0.39 is 0 Å². The standard InChI is InChI=1S/C13H18ClNO2/c1-3-4-8-17-11-7-5-6-10(2)13(11)15-12(16)9-14/h5-7H,3-4,8-9H2,1-2H3,(H,15,16). The summed E-state index contributed by atoms with van der Waals surface area (Å²) >= 11 is 5.48. The SMILES string of the molecule is CCCCOc1cccc(C)c1NC(=O)CCl. The van der Waals surface area contributed by atoms with E-state index in [0.717, 1.165) is 18.4 Å². The van der Waals surface area contributed by atoms with Gasteiger partial charge in [-0.25, -0.2) is 0 Å². The number of para-hydroxylation sites is 1. The fraction of sp³-hybridized carbons (Fsp3) is 0.462. The molecule has 0 fully saturated rings. The zero-order valence-corrected chi connectivity index (χ0v) is 11.0. The zero-order chi connectivity index (χ0) is 12.7. The Bertz CT molecular complexity index is 380. The smallest absolute Gasteiger partial charge is 0.239 e. The molecule has 1 aromatic rings.